The SMILES string of the molecule is COCCCn1cnnc1SC(C)C(=O)N1CC(C)CC(C)C1. The first kappa shape index (κ1) is 18.3. The summed E-state index contributed by atoms with van der Waals surface area (Å²) in [7, 11) is 1.70. The van der Waals surface area contributed by atoms with E-state index in [0.717, 1.165) is 31.2 Å². The van der Waals surface area contributed by atoms with Crippen molar-refractivity contribution in [2.24, 2.45) is 11.8 Å². The molecule has 3 unspecified atom stereocenters. The largest absolute Gasteiger partial charge is 0.385 e. The van der Waals surface area contributed by atoms with E-state index in [1.165, 1.54) is 18.2 Å². The van der Waals surface area contributed by atoms with Gasteiger partial charge in [-0.1, -0.05) is 25.6 Å². The minimum atomic E-state index is -0.141. The fourth-order valence-corrected chi connectivity index (χ4v) is 4.11. The van der Waals surface area contributed by atoms with Crippen molar-refractivity contribution in [3.05, 3.63) is 6.33 Å². The molecule has 0 aromatic carbocycles. The summed E-state index contributed by atoms with van der Waals surface area (Å²) in [5.41, 5.74) is 0. The number of nitrogens with zero attached hydrogens (tertiary/aromatic N) is 4. The number of hydrogen-bond donors (Lipinski definition) is 0. The van der Waals surface area contributed by atoms with Crippen molar-refractivity contribution in [3.8, 4) is 0 Å². The summed E-state index contributed by atoms with van der Waals surface area (Å²) in [6.07, 6.45) is 3.84. The van der Waals surface area contributed by atoms with Crippen LogP contribution in [0.2, 0.25) is 0 Å². The first-order valence-electron chi connectivity index (χ1n) is 8.33. The molecule has 3 atom stereocenters. The second-order valence-electron chi connectivity index (χ2n) is 6.60. The summed E-state index contributed by atoms with van der Waals surface area (Å²) in [6, 6.07) is 0. The van der Waals surface area contributed by atoms with E-state index in [9.17, 15) is 4.79 Å². The van der Waals surface area contributed by atoms with Gasteiger partial charge in [-0.2, -0.15) is 0 Å². The van der Waals surface area contributed by atoms with E-state index in [1.807, 2.05) is 16.4 Å². The number of aryl methyl sites for hydroxylation is 1. The number of carbonyl (C=O) groups excluding carboxylic acids is 1. The zero-order valence-electron chi connectivity index (χ0n) is 14.6. The standard InChI is InChI=1S/C16H28N4O2S/c1-12-8-13(2)10-20(9-12)15(21)14(3)23-16-18-17-11-19(16)6-5-7-22-4/h11-14H,5-10H2,1-4H3. The summed E-state index contributed by atoms with van der Waals surface area (Å²) in [5, 5.41) is 8.80. The van der Waals surface area contributed by atoms with Gasteiger partial charge in [0.05, 0.1) is 5.25 Å². The monoisotopic (exact) mass is 340 g/mol. The lowest BCUT2D eigenvalue weighted by atomic mass is 9.92. The Labute approximate surface area is 143 Å². The number of likely N-dealkylation sites (tertiary alicyclic amines) is 1. The topological polar surface area (TPSA) is 60.2 Å². The van der Waals surface area contributed by atoms with Crippen molar-refractivity contribution in [3.63, 3.8) is 0 Å². The Kier molecular flexibility index (Phi) is 6.89. The van der Waals surface area contributed by atoms with Gasteiger partial charge in [-0.25, -0.2) is 0 Å². The minimum Gasteiger partial charge on any atom is -0.385 e. The summed E-state index contributed by atoms with van der Waals surface area (Å²) in [4.78, 5) is 14.7. The Morgan fingerprint density at radius 2 is 2.13 bits per heavy atom. The molecule has 130 valence electrons. The van der Waals surface area contributed by atoms with E-state index in [0.29, 0.717) is 18.4 Å². The van der Waals surface area contributed by atoms with E-state index >= 15 is 0 Å². The Morgan fingerprint density at radius 1 is 1.43 bits per heavy atom. The van der Waals surface area contributed by atoms with Crippen LogP contribution in [-0.4, -0.2) is 57.6 Å². The Balaban J connectivity index is 1.92. The molecule has 0 radical (unpaired) electrons. The van der Waals surface area contributed by atoms with Crippen LogP contribution >= 0.6 is 11.8 Å². The van der Waals surface area contributed by atoms with Crippen LogP contribution in [0.5, 0.6) is 0 Å². The van der Waals surface area contributed by atoms with Crippen LogP contribution in [-0.2, 0) is 16.1 Å². The number of rotatable bonds is 7. The number of amides is 1. The van der Waals surface area contributed by atoms with Crippen molar-refractivity contribution in [1.82, 2.24) is 19.7 Å². The molecule has 1 aliphatic heterocycles. The first-order valence-corrected chi connectivity index (χ1v) is 9.21. The van der Waals surface area contributed by atoms with Crippen LogP contribution in [0.3, 0.4) is 0 Å². The smallest absolute Gasteiger partial charge is 0.235 e. The maximum Gasteiger partial charge on any atom is 0.235 e. The number of piperidine rings is 1. The average molecular weight is 340 g/mol. The molecular weight excluding hydrogens is 312 g/mol. The summed E-state index contributed by atoms with van der Waals surface area (Å²) in [6.45, 7) is 9.66. The predicted octanol–water partition coefficient (Wildman–Crippen LogP) is 2.30. The lowest BCUT2D eigenvalue weighted by Crippen LogP contribution is -2.45. The molecular formula is C16H28N4O2S. The van der Waals surface area contributed by atoms with Crippen molar-refractivity contribution < 1.29 is 9.53 Å². The Hall–Kier alpha value is -1.08. The average Bonchev–Trinajstić information content (AvgIpc) is 2.93. The highest BCUT2D eigenvalue weighted by atomic mass is 32.2. The molecule has 0 bridgehead atoms. The van der Waals surface area contributed by atoms with Gasteiger partial charge in [0.15, 0.2) is 5.16 Å². The molecule has 1 aromatic heterocycles. The van der Waals surface area contributed by atoms with Gasteiger partial charge in [0.25, 0.3) is 0 Å². The number of carbonyl (C=O) groups is 1. The molecule has 2 rings (SSSR count). The Bertz CT molecular complexity index is 498. The fourth-order valence-electron chi connectivity index (χ4n) is 3.18. The maximum atomic E-state index is 12.7. The molecule has 1 amide bonds. The Morgan fingerprint density at radius 3 is 2.78 bits per heavy atom. The minimum absolute atomic E-state index is 0.141. The molecule has 1 aliphatic rings. The molecule has 6 nitrogen and oxygen atoms in total. The van der Waals surface area contributed by atoms with E-state index in [1.54, 1.807) is 13.4 Å². The third kappa shape index (κ3) is 5.21. The molecule has 1 saturated heterocycles. The number of methoxy groups -OCH3 is 1. The zero-order valence-corrected chi connectivity index (χ0v) is 15.4. The van der Waals surface area contributed by atoms with Gasteiger partial charge in [-0.05, 0) is 31.6 Å². The van der Waals surface area contributed by atoms with Crippen LogP contribution < -0.4 is 0 Å². The lowest BCUT2D eigenvalue weighted by molar-refractivity contribution is -0.132. The number of ether oxygens (including phenoxy) is 1. The highest BCUT2D eigenvalue weighted by molar-refractivity contribution is 8.00. The summed E-state index contributed by atoms with van der Waals surface area (Å²) < 4.78 is 7.07. The third-order valence-electron chi connectivity index (χ3n) is 4.14. The highest BCUT2D eigenvalue weighted by Gasteiger charge is 2.29. The van der Waals surface area contributed by atoms with Gasteiger partial charge < -0.3 is 14.2 Å². The highest BCUT2D eigenvalue weighted by Crippen LogP contribution is 2.26. The van der Waals surface area contributed by atoms with Crippen molar-refractivity contribution >= 4 is 17.7 Å². The van der Waals surface area contributed by atoms with Crippen molar-refractivity contribution in [2.75, 3.05) is 26.8 Å². The quantitative estimate of drug-likeness (QED) is 0.563. The van der Waals surface area contributed by atoms with Gasteiger partial charge in [0, 0.05) is 33.4 Å². The van der Waals surface area contributed by atoms with Crippen molar-refractivity contribution in [1.29, 1.82) is 0 Å². The third-order valence-corrected chi connectivity index (χ3v) is 5.22. The van der Waals surface area contributed by atoms with Crippen LogP contribution in [0.4, 0.5) is 0 Å². The number of thioether (sulfide) groups is 1. The molecule has 0 spiro atoms. The normalized spacial score (nSPS) is 23.0. The van der Waals surface area contributed by atoms with Crippen LogP contribution in [0.25, 0.3) is 0 Å². The van der Waals surface area contributed by atoms with E-state index in [4.69, 9.17) is 4.74 Å². The lowest BCUT2D eigenvalue weighted by Gasteiger charge is -2.36. The first-order chi connectivity index (χ1) is 11.0. The number of hydrogen-bond acceptors (Lipinski definition) is 5. The van der Waals surface area contributed by atoms with Crippen LogP contribution in [0.15, 0.2) is 11.5 Å². The molecule has 0 saturated carbocycles. The second-order valence-corrected chi connectivity index (χ2v) is 7.91. The van der Waals surface area contributed by atoms with Gasteiger partial charge in [0.2, 0.25) is 5.91 Å². The molecule has 1 fully saturated rings. The molecule has 0 N–H and O–H groups in total. The molecule has 0 aliphatic carbocycles. The molecule has 7 heteroatoms. The maximum absolute atomic E-state index is 12.7. The molecule has 23 heavy (non-hydrogen) atoms. The zero-order chi connectivity index (χ0) is 16.8. The van der Waals surface area contributed by atoms with E-state index in [2.05, 4.69) is 24.0 Å². The van der Waals surface area contributed by atoms with Gasteiger partial charge in [-0.15, -0.1) is 10.2 Å². The van der Waals surface area contributed by atoms with Gasteiger partial charge in [-0.3, -0.25) is 4.79 Å². The van der Waals surface area contributed by atoms with E-state index < -0.39 is 0 Å². The molecule has 1 aromatic rings. The van der Waals surface area contributed by atoms with Gasteiger partial charge in [0.1, 0.15) is 6.33 Å². The predicted molar refractivity (Wildman–Crippen MR) is 91.4 cm³/mol. The second kappa shape index (κ2) is 8.68. The van der Waals surface area contributed by atoms with Crippen molar-refractivity contribution in [2.45, 2.75) is 50.6 Å². The van der Waals surface area contributed by atoms with Gasteiger partial charge >= 0.3 is 0 Å². The van der Waals surface area contributed by atoms with E-state index in [-0.39, 0.29) is 11.2 Å². The number of aromatic nitrogens is 3. The summed E-state index contributed by atoms with van der Waals surface area (Å²) >= 11 is 1.50. The fraction of sp³-hybridized carbons (Fsp3) is 0.812. The van der Waals surface area contributed by atoms with Crippen LogP contribution in [0.1, 0.15) is 33.6 Å². The molecule has 2 heterocycles. The van der Waals surface area contributed by atoms with Crippen LogP contribution in [0, 0.1) is 11.8 Å². The summed E-state index contributed by atoms with van der Waals surface area (Å²) in [5.74, 6) is 1.37.